The number of hydrazone groups is 1. The number of nitrogens with zero attached hydrogens (tertiary/aromatic N) is 2. The Bertz CT molecular complexity index is 728. The van der Waals surface area contributed by atoms with Crippen LogP contribution in [0.1, 0.15) is 11.1 Å². The third kappa shape index (κ3) is 5.38. The number of hydrogen-bond acceptors (Lipinski definition) is 4. The molecule has 0 unspecified atom stereocenters. The number of halogens is 1. The van der Waals surface area contributed by atoms with Gasteiger partial charge in [0.1, 0.15) is 5.75 Å². The monoisotopic (exact) mass is 389 g/mol. The Balaban J connectivity index is 1.80. The lowest BCUT2D eigenvalue weighted by Gasteiger charge is -2.11. The summed E-state index contributed by atoms with van der Waals surface area (Å²) >= 11 is 3.42. The predicted molar refractivity (Wildman–Crippen MR) is 101 cm³/mol. The summed E-state index contributed by atoms with van der Waals surface area (Å²) in [5, 5.41) is 3.93. The molecule has 1 N–H and O–H groups in total. The zero-order valence-corrected chi connectivity index (χ0v) is 15.5. The summed E-state index contributed by atoms with van der Waals surface area (Å²) in [4.78, 5) is 13.8. The molecule has 2 aromatic carbocycles. The number of hydrogen-bond donors (Lipinski definition) is 1. The van der Waals surface area contributed by atoms with Gasteiger partial charge in [-0.05, 0) is 48.4 Å². The van der Waals surface area contributed by atoms with Gasteiger partial charge in [-0.1, -0.05) is 28.1 Å². The van der Waals surface area contributed by atoms with Crippen molar-refractivity contribution in [3.8, 4) is 5.75 Å². The van der Waals surface area contributed by atoms with Gasteiger partial charge >= 0.3 is 0 Å². The molecular weight excluding hydrogens is 370 g/mol. The van der Waals surface area contributed by atoms with Gasteiger partial charge in [-0.2, -0.15) is 5.10 Å². The molecule has 0 spiro atoms. The van der Waals surface area contributed by atoms with Crippen LogP contribution in [0.5, 0.6) is 5.75 Å². The fraction of sp³-hybridized carbons (Fsp3) is 0.222. The van der Waals surface area contributed by atoms with Gasteiger partial charge in [0, 0.05) is 24.3 Å². The normalized spacial score (nSPS) is 10.7. The molecule has 0 heterocycles. The number of nitrogens with one attached hydrogen (secondary N) is 1. The maximum Gasteiger partial charge on any atom is 0.277 e. The quantitative estimate of drug-likeness (QED) is 0.608. The van der Waals surface area contributed by atoms with Crippen LogP contribution in [0.2, 0.25) is 0 Å². The lowest BCUT2D eigenvalue weighted by atomic mass is 10.2. The van der Waals surface area contributed by atoms with E-state index in [9.17, 15) is 4.79 Å². The van der Waals surface area contributed by atoms with Crippen molar-refractivity contribution in [2.45, 2.75) is 6.92 Å². The van der Waals surface area contributed by atoms with E-state index < -0.39 is 0 Å². The molecule has 24 heavy (non-hydrogen) atoms. The molecule has 0 fully saturated rings. The van der Waals surface area contributed by atoms with Gasteiger partial charge in [-0.3, -0.25) is 4.79 Å². The van der Waals surface area contributed by atoms with Crippen molar-refractivity contribution in [1.82, 2.24) is 5.43 Å². The van der Waals surface area contributed by atoms with Gasteiger partial charge in [-0.15, -0.1) is 0 Å². The first-order valence-corrected chi connectivity index (χ1v) is 8.23. The zero-order chi connectivity index (χ0) is 17.5. The molecule has 0 aliphatic carbocycles. The van der Waals surface area contributed by atoms with E-state index in [4.69, 9.17) is 4.74 Å². The van der Waals surface area contributed by atoms with Gasteiger partial charge in [0.25, 0.3) is 5.91 Å². The van der Waals surface area contributed by atoms with E-state index in [0.717, 1.165) is 21.3 Å². The van der Waals surface area contributed by atoms with Crippen LogP contribution in [-0.4, -0.2) is 32.8 Å². The van der Waals surface area contributed by atoms with Crippen LogP contribution >= 0.6 is 15.9 Å². The average molecular weight is 390 g/mol. The van der Waals surface area contributed by atoms with E-state index in [1.54, 1.807) is 12.3 Å². The SMILES string of the molecule is Cc1cc(OCC(=O)N/N=C/c2ccc(N(C)C)cc2)ccc1Br. The van der Waals surface area contributed by atoms with Crippen molar-refractivity contribution < 1.29 is 9.53 Å². The highest BCUT2D eigenvalue weighted by Gasteiger charge is 2.03. The van der Waals surface area contributed by atoms with Crippen molar-refractivity contribution in [3.05, 3.63) is 58.1 Å². The summed E-state index contributed by atoms with van der Waals surface area (Å²) in [7, 11) is 3.96. The summed E-state index contributed by atoms with van der Waals surface area (Å²) in [5.74, 6) is 0.339. The Morgan fingerprint density at radius 1 is 1.25 bits per heavy atom. The van der Waals surface area contributed by atoms with E-state index in [-0.39, 0.29) is 12.5 Å². The number of carbonyl (C=O) groups is 1. The van der Waals surface area contributed by atoms with E-state index >= 15 is 0 Å². The first-order valence-electron chi connectivity index (χ1n) is 7.44. The molecule has 5 nitrogen and oxygen atoms in total. The third-order valence-corrected chi connectivity index (χ3v) is 4.20. The van der Waals surface area contributed by atoms with Crippen LogP contribution in [0.4, 0.5) is 5.69 Å². The highest BCUT2D eigenvalue weighted by atomic mass is 79.9. The smallest absolute Gasteiger partial charge is 0.277 e. The minimum atomic E-state index is -0.309. The van der Waals surface area contributed by atoms with E-state index in [2.05, 4.69) is 26.5 Å². The Hall–Kier alpha value is -2.34. The standard InChI is InChI=1S/C18H20BrN3O2/c1-13-10-16(8-9-17(13)19)24-12-18(23)21-20-11-14-4-6-15(7-5-14)22(2)3/h4-11H,12H2,1-3H3,(H,21,23)/b20-11+. The Morgan fingerprint density at radius 2 is 1.96 bits per heavy atom. The van der Waals surface area contributed by atoms with Crippen LogP contribution in [0, 0.1) is 6.92 Å². The molecule has 2 aromatic rings. The number of carbonyl (C=O) groups excluding carboxylic acids is 1. The van der Waals surface area contributed by atoms with E-state index in [1.807, 2.05) is 62.3 Å². The van der Waals surface area contributed by atoms with E-state index in [1.165, 1.54) is 0 Å². The topological polar surface area (TPSA) is 53.9 Å². The lowest BCUT2D eigenvalue weighted by Crippen LogP contribution is -2.24. The molecule has 0 aliphatic heterocycles. The Morgan fingerprint density at radius 3 is 2.58 bits per heavy atom. The predicted octanol–water partition coefficient (Wildman–Crippen LogP) is 3.35. The largest absolute Gasteiger partial charge is 0.484 e. The Kier molecular flexibility index (Phi) is 6.37. The summed E-state index contributed by atoms with van der Waals surface area (Å²) in [6, 6.07) is 13.4. The first kappa shape index (κ1) is 18.0. The average Bonchev–Trinajstić information content (AvgIpc) is 2.56. The summed E-state index contributed by atoms with van der Waals surface area (Å²) < 4.78 is 6.44. The van der Waals surface area contributed by atoms with Crippen molar-refractivity contribution in [1.29, 1.82) is 0 Å². The van der Waals surface area contributed by atoms with Crippen LogP contribution in [0.3, 0.4) is 0 Å². The number of benzene rings is 2. The molecule has 0 aliphatic rings. The van der Waals surface area contributed by atoms with Crippen molar-refractivity contribution in [2.75, 3.05) is 25.6 Å². The molecule has 0 aromatic heterocycles. The van der Waals surface area contributed by atoms with Gasteiger partial charge in [0.05, 0.1) is 6.21 Å². The number of rotatable bonds is 6. The minimum Gasteiger partial charge on any atom is -0.484 e. The van der Waals surface area contributed by atoms with Crippen LogP contribution in [0.15, 0.2) is 52.0 Å². The van der Waals surface area contributed by atoms with Gasteiger partial charge in [0.15, 0.2) is 6.61 Å². The molecule has 0 bridgehead atoms. The molecule has 2 rings (SSSR count). The van der Waals surface area contributed by atoms with Crippen LogP contribution in [0.25, 0.3) is 0 Å². The highest BCUT2D eigenvalue weighted by Crippen LogP contribution is 2.21. The summed E-state index contributed by atoms with van der Waals surface area (Å²) in [5.41, 5.74) is 5.51. The van der Waals surface area contributed by atoms with Crippen molar-refractivity contribution in [3.63, 3.8) is 0 Å². The number of aryl methyl sites for hydroxylation is 1. The van der Waals surface area contributed by atoms with Crippen LogP contribution in [-0.2, 0) is 4.79 Å². The van der Waals surface area contributed by atoms with Gasteiger partial charge in [-0.25, -0.2) is 5.43 Å². The van der Waals surface area contributed by atoms with Crippen molar-refractivity contribution >= 4 is 33.7 Å². The van der Waals surface area contributed by atoms with Crippen molar-refractivity contribution in [2.24, 2.45) is 5.10 Å². The maximum absolute atomic E-state index is 11.7. The molecule has 6 heteroatoms. The molecule has 1 amide bonds. The molecule has 0 saturated carbocycles. The zero-order valence-electron chi connectivity index (χ0n) is 13.9. The second-order valence-corrected chi connectivity index (χ2v) is 6.33. The van der Waals surface area contributed by atoms with Crippen LogP contribution < -0.4 is 15.1 Å². The molecule has 0 radical (unpaired) electrons. The van der Waals surface area contributed by atoms with Gasteiger partial charge < -0.3 is 9.64 Å². The van der Waals surface area contributed by atoms with E-state index in [0.29, 0.717) is 5.75 Å². The van der Waals surface area contributed by atoms with Gasteiger partial charge in [0.2, 0.25) is 0 Å². The molecule has 0 saturated heterocycles. The number of amides is 1. The second-order valence-electron chi connectivity index (χ2n) is 5.48. The maximum atomic E-state index is 11.7. The highest BCUT2D eigenvalue weighted by molar-refractivity contribution is 9.10. The summed E-state index contributed by atoms with van der Waals surface area (Å²) in [6.07, 6.45) is 1.60. The fourth-order valence-corrected chi connectivity index (χ4v) is 2.17. The molecule has 126 valence electrons. The number of anilines is 1. The summed E-state index contributed by atoms with van der Waals surface area (Å²) in [6.45, 7) is 1.88. The second kappa shape index (κ2) is 8.49. The fourth-order valence-electron chi connectivity index (χ4n) is 1.93. The number of ether oxygens (including phenoxy) is 1. The molecule has 0 atom stereocenters. The third-order valence-electron chi connectivity index (χ3n) is 3.31. The first-order chi connectivity index (χ1) is 11.5. The lowest BCUT2D eigenvalue weighted by molar-refractivity contribution is -0.123. The molecular formula is C18H20BrN3O2. The Labute approximate surface area is 150 Å². The minimum absolute atomic E-state index is 0.0853.